The Bertz CT molecular complexity index is 1190. The van der Waals surface area contributed by atoms with Crippen LogP contribution in [0.2, 0.25) is 0 Å². The molecule has 2 fully saturated rings. The lowest BCUT2D eigenvalue weighted by Crippen LogP contribution is -2.31. The molecule has 0 spiro atoms. The van der Waals surface area contributed by atoms with E-state index in [1.807, 2.05) is 59.5 Å². The standard InChI is InChI=1S/C29H30N2O3/c1-20-17-23(27-11-6-16-31(27)29(33)34-19-21-7-3-2-4-8-21)12-15-26(20)22-9-5-10-24(18-22)28(32)30-25-13-14-25/h2-5,7-10,12,15,17-18,25,27H,6,11,13-14,16,19H2,1H3,(H,30,32). The fraction of sp³-hybridized carbons (Fsp3) is 0.310. The van der Waals surface area contributed by atoms with Gasteiger partial charge in [0.1, 0.15) is 6.61 Å². The molecule has 1 N–H and O–H groups in total. The summed E-state index contributed by atoms with van der Waals surface area (Å²) in [5.41, 5.74) is 6.05. The van der Waals surface area contributed by atoms with Gasteiger partial charge in [0.05, 0.1) is 6.04 Å². The van der Waals surface area contributed by atoms with Gasteiger partial charge >= 0.3 is 6.09 Å². The van der Waals surface area contributed by atoms with Crippen molar-refractivity contribution < 1.29 is 14.3 Å². The second-order valence-corrected chi connectivity index (χ2v) is 9.29. The number of rotatable bonds is 6. The van der Waals surface area contributed by atoms with Crippen LogP contribution in [0.3, 0.4) is 0 Å². The maximum Gasteiger partial charge on any atom is 0.410 e. The number of nitrogens with one attached hydrogen (secondary N) is 1. The van der Waals surface area contributed by atoms with E-state index in [4.69, 9.17) is 4.74 Å². The number of ether oxygens (including phenoxy) is 1. The molecule has 5 heteroatoms. The van der Waals surface area contributed by atoms with E-state index in [-0.39, 0.29) is 24.6 Å². The minimum atomic E-state index is -0.262. The Morgan fingerprint density at radius 3 is 2.56 bits per heavy atom. The first-order valence-corrected chi connectivity index (χ1v) is 12.1. The minimum absolute atomic E-state index is 0.00534. The summed E-state index contributed by atoms with van der Waals surface area (Å²) >= 11 is 0. The Morgan fingerprint density at radius 1 is 0.971 bits per heavy atom. The van der Waals surface area contributed by atoms with Crippen molar-refractivity contribution in [3.63, 3.8) is 0 Å². The molecular formula is C29H30N2O3. The molecule has 5 nitrogen and oxygen atoms in total. The first kappa shape index (κ1) is 22.2. The van der Waals surface area contributed by atoms with E-state index in [0.29, 0.717) is 18.2 Å². The lowest BCUT2D eigenvalue weighted by atomic mass is 9.94. The number of nitrogens with zero attached hydrogens (tertiary/aromatic N) is 1. The predicted molar refractivity (Wildman–Crippen MR) is 132 cm³/mol. The van der Waals surface area contributed by atoms with E-state index in [1.54, 1.807) is 0 Å². The SMILES string of the molecule is Cc1cc(C2CCCN2C(=O)OCc2ccccc2)ccc1-c1cccc(C(=O)NC2CC2)c1. The summed E-state index contributed by atoms with van der Waals surface area (Å²) in [6, 6.07) is 24.3. The van der Waals surface area contributed by atoms with Gasteiger partial charge in [-0.3, -0.25) is 4.79 Å². The van der Waals surface area contributed by atoms with Crippen molar-refractivity contribution in [2.45, 2.75) is 51.3 Å². The number of likely N-dealkylation sites (tertiary alicyclic amines) is 1. The number of aryl methyl sites for hydroxylation is 1. The number of hydrogen-bond acceptors (Lipinski definition) is 3. The average Bonchev–Trinajstić information content (AvgIpc) is 3.54. The summed E-state index contributed by atoms with van der Waals surface area (Å²) in [5, 5.41) is 3.06. The molecule has 2 amide bonds. The molecule has 0 bridgehead atoms. The van der Waals surface area contributed by atoms with Crippen LogP contribution in [0.1, 0.15) is 58.8 Å². The number of hydrogen-bond donors (Lipinski definition) is 1. The molecule has 34 heavy (non-hydrogen) atoms. The van der Waals surface area contributed by atoms with Crippen LogP contribution >= 0.6 is 0 Å². The van der Waals surface area contributed by atoms with E-state index in [1.165, 1.54) is 0 Å². The van der Waals surface area contributed by atoms with Gasteiger partial charge in [-0.05, 0) is 72.6 Å². The van der Waals surface area contributed by atoms with E-state index in [9.17, 15) is 9.59 Å². The van der Waals surface area contributed by atoms with Crippen LogP contribution in [0.4, 0.5) is 4.79 Å². The highest BCUT2D eigenvalue weighted by Crippen LogP contribution is 2.35. The summed E-state index contributed by atoms with van der Waals surface area (Å²) in [7, 11) is 0. The van der Waals surface area contributed by atoms with Gasteiger partial charge in [0.15, 0.2) is 0 Å². The number of amides is 2. The fourth-order valence-corrected chi connectivity index (χ4v) is 4.68. The highest BCUT2D eigenvalue weighted by Gasteiger charge is 2.31. The predicted octanol–water partition coefficient (Wildman–Crippen LogP) is 6.03. The third-order valence-electron chi connectivity index (χ3n) is 6.68. The lowest BCUT2D eigenvalue weighted by molar-refractivity contribution is 0.0919. The lowest BCUT2D eigenvalue weighted by Gasteiger charge is -2.25. The monoisotopic (exact) mass is 454 g/mol. The Labute approximate surface area is 200 Å². The van der Waals surface area contributed by atoms with E-state index >= 15 is 0 Å². The number of benzene rings is 3. The van der Waals surface area contributed by atoms with Crippen LogP contribution in [-0.2, 0) is 11.3 Å². The Hall–Kier alpha value is -3.60. The number of carbonyl (C=O) groups is 2. The van der Waals surface area contributed by atoms with Gasteiger partial charge in [0.2, 0.25) is 0 Å². The van der Waals surface area contributed by atoms with Gasteiger partial charge in [0.25, 0.3) is 5.91 Å². The van der Waals surface area contributed by atoms with E-state index in [2.05, 4.69) is 30.4 Å². The highest BCUT2D eigenvalue weighted by atomic mass is 16.6. The van der Waals surface area contributed by atoms with Crippen molar-refractivity contribution in [3.05, 3.63) is 95.1 Å². The molecule has 1 unspecified atom stereocenters. The first-order chi connectivity index (χ1) is 16.6. The summed E-state index contributed by atoms with van der Waals surface area (Å²) in [6.07, 6.45) is 3.77. The van der Waals surface area contributed by atoms with Crippen LogP contribution < -0.4 is 5.32 Å². The summed E-state index contributed by atoms with van der Waals surface area (Å²) in [5.74, 6) is -0.00534. The van der Waals surface area contributed by atoms with Gasteiger partial charge in [-0.25, -0.2) is 4.79 Å². The third-order valence-corrected chi connectivity index (χ3v) is 6.68. The largest absolute Gasteiger partial charge is 0.445 e. The molecule has 1 aliphatic heterocycles. The van der Waals surface area contributed by atoms with Crippen molar-refractivity contribution in [2.75, 3.05) is 6.54 Å². The van der Waals surface area contributed by atoms with Gasteiger partial charge < -0.3 is 15.0 Å². The van der Waals surface area contributed by atoms with Crippen LogP contribution in [0.15, 0.2) is 72.8 Å². The van der Waals surface area contributed by atoms with Crippen LogP contribution in [0, 0.1) is 6.92 Å². The Kier molecular flexibility index (Phi) is 6.35. The quantitative estimate of drug-likeness (QED) is 0.495. The molecule has 1 saturated carbocycles. The highest BCUT2D eigenvalue weighted by molar-refractivity contribution is 5.96. The maximum atomic E-state index is 12.8. The van der Waals surface area contributed by atoms with Gasteiger partial charge in [-0.2, -0.15) is 0 Å². The third kappa shape index (κ3) is 4.98. The molecule has 1 atom stereocenters. The first-order valence-electron chi connectivity index (χ1n) is 12.1. The molecule has 1 heterocycles. The Morgan fingerprint density at radius 2 is 1.79 bits per heavy atom. The molecule has 5 rings (SSSR count). The van der Waals surface area contributed by atoms with Crippen LogP contribution in [0.25, 0.3) is 11.1 Å². The van der Waals surface area contributed by atoms with Crippen molar-refractivity contribution in [2.24, 2.45) is 0 Å². The second kappa shape index (κ2) is 9.72. The molecule has 174 valence electrons. The van der Waals surface area contributed by atoms with Crippen LogP contribution in [0.5, 0.6) is 0 Å². The molecule has 3 aromatic rings. The molecule has 2 aliphatic rings. The normalized spacial score (nSPS) is 17.4. The molecule has 0 aromatic heterocycles. The van der Waals surface area contributed by atoms with Gasteiger partial charge in [0, 0.05) is 18.2 Å². The second-order valence-electron chi connectivity index (χ2n) is 9.29. The fourth-order valence-electron chi connectivity index (χ4n) is 4.68. The molecule has 0 radical (unpaired) electrons. The molecule has 1 aliphatic carbocycles. The minimum Gasteiger partial charge on any atom is -0.445 e. The zero-order valence-electron chi connectivity index (χ0n) is 19.5. The number of carbonyl (C=O) groups excluding carboxylic acids is 2. The van der Waals surface area contributed by atoms with Gasteiger partial charge in [-0.15, -0.1) is 0 Å². The summed E-state index contributed by atoms with van der Waals surface area (Å²) < 4.78 is 5.60. The maximum absolute atomic E-state index is 12.8. The smallest absolute Gasteiger partial charge is 0.410 e. The summed E-state index contributed by atoms with van der Waals surface area (Å²) in [6.45, 7) is 3.07. The molecular weight excluding hydrogens is 424 g/mol. The van der Waals surface area contributed by atoms with E-state index in [0.717, 1.165) is 53.5 Å². The topological polar surface area (TPSA) is 58.6 Å². The van der Waals surface area contributed by atoms with Crippen LogP contribution in [-0.4, -0.2) is 29.5 Å². The molecule has 3 aromatic carbocycles. The van der Waals surface area contributed by atoms with Crippen molar-refractivity contribution in [1.82, 2.24) is 10.2 Å². The zero-order valence-corrected chi connectivity index (χ0v) is 19.5. The van der Waals surface area contributed by atoms with Crippen molar-refractivity contribution in [1.29, 1.82) is 0 Å². The van der Waals surface area contributed by atoms with E-state index < -0.39 is 0 Å². The van der Waals surface area contributed by atoms with Crippen molar-refractivity contribution >= 4 is 12.0 Å². The van der Waals surface area contributed by atoms with Crippen molar-refractivity contribution in [3.8, 4) is 11.1 Å². The summed E-state index contributed by atoms with van der Waals surface area (Å²) in [4.78, 5) is 27.1. The average molecular weight is 455 g/mol. The zero-order chi connectivity index (χ0) is 23.5. The Balaban J connectivity index is 1.30. The van der Waals surface area contributed by atoms with Gasteiger partial charge in [-0.1, -0.05) is 60.7 Å². The molecule has 1 saturated heterocycles.